The molecule has 4 heteroatoms. The van der Waals surface area contributed by atoms with E-state index in [2.05, 4.69) is 140 Å². The fourth-order valence-electron chi connectivity index (χ4n) is 6.81. The Morgan fingerprint density at radius 2 is 1.30 bits per heavy atom. The zero-order chi connectivity index (χ0) is 32.4. The van der Waals surface area contributed by atoms with Crippen molar-refractivity contribution in [2.45, 2.75) is 136 Å². The summed E-state index contributed by atoms with van der Waals surface area (Å²) in [4.78, 5) is 16.6. The third-order valence-corrected chi connectivity index (χ3v) is 9.41. The molecule has 238 valence electrons. The highest BCUT2D eigenvalue weighted by Crippen LogP contribution is 2.41. The van der Waals surface area contributed by atoms with Crippen molar-refractivity contribution >= 4 is 11.7 Å². The zero-order valence-electron chi connectivity index (χ0n) is 28.9. The van der Waals surface area contributed by atoms with Crippen molar-refractivity contribution in [3.8, 4) is 5.75 Å². The number of carbonyl (C=O) groups excluding carboxylic acids is 1. The molecule has 1 fully saturated rings. The number of rotatable bonds is 7. The van der Waals surface area contributed by atoms with Crippen molar-refractivity contribution in [3.05, 3.63) is 94.0 Å². The molecule has 1 aliphatic carbocycles. The summed E-state index contributed by atoms with van der Waals surface area (Å²) in [6.07, 6.45) is 4.06. The number of benzene rings is 3. The minimum atomic E-state index is -0.233. The van der Waals surface area contributed by atoms with E-state index in [1.165, 1.54) is 16.7 Å². The van der Waals surface area contributed by atoms with E-state index in [1.54, 1.807) is 0 Å². The number of nitrogens with one attached hydrogen (secondary N) is 1. The van der Waals surface area contributed by atoms with Crippen LogP contribution in [0.15, 0.2) is 60.7 Å². The summed E-state index contributed by atoms with van der Waals surface area (Å²) in [5.41, 5.74) is 7.17. The standard InChI is InChI=1S/C40H56N2O2/c1-26(2)32-17-14-18-33(27(3)4)36(32)41-38(44)42(31-21-19-30(20-22-31)29-15-12-11-13-16-29)25-28-23-34(39(5,6)7)37(43)35(24-28)40(8,9)10/h11-18,23-24,26-27,30-31,43H,19-22,25H2,1-10H3,(H,41,44). The molecule has 4 nitrogen and oxygen atoms in total. The highest BCUT2D eigenvalue weighted by molar-refractivity contribution is 5.91. The number of carbonyl (C=O) groups is 1. The van der Waals surface area contributed by atoms with Gasteiger partial charge in [-0.05, 0) is 99.8 Å². The van der Waals surface area contributed by atoms with E-state index < -0.39 is 0 Å². The smallest absolute Gasteiger partial charge is 0.322 e. The van der Waals surface area contributed by atoms with Crippen LogP contribution < -0.4 is 5.32 Å². The molecule has 0 bridgehead atoms. The second kappa shape index (κ2) is 13.4. The van der Waals surface area contributed by atoms with Gasteiger partial charge in [0.05, 0.1) is 0 Å². The molecule has 0 radical (unpaired) electrons. The number of hydrogen-bond donors (Lipinski definition) is 2. The Bertz CT molecular complexity index is 1360. The van der Waals surface area contributed by atoms with Gasteiger partial charge in [-0.3, -0.25) is 0 Å². The summed E-state index contributed by atoms with van der Waals surface area (Å²) in [5, 5.41) is 14.8. The van der Waals surface area contributed by atoms with Crippen LogP contribution in [0.4, 0.5) is 10.5 Å². The predicted molar refractivity (Wildman–Crippen MR) is 186 cm³/mol. The Labute approximate surface area is 267 Å². The summed E-state index contributed by atoms with van der Waals surface area (Å²) in [6.45, 7) is 22.1. The molecule has 2 amide bonds. The van der Waals surface area contributed by atoms with Crippen LogP contribution in [-0.2, 0) is 17.4 Å². The van der Waals surface area contributed by atoms with Crippen molar-refractivity contribution in [2.75, 3.05) is 5.32 Å². The molecule has 44 heavy (non-hydrogen) atoms. The number of para-hydroxylation sites is 1. The lowest BCUT2D eigenvalue weighted by Gasteiger charge is -2.38. The fraction of sp³-hybridized carbons (Fsp3) is 0.525. The first-order chi connectivity index (χ1) is 20.6. The molecular weight excluding hydrogens is 540 g/mol. The SMILES string of the molecule is CC(C)c1cccc(C(C)C)c1NC(=O)N(Cc1cc(C(C)(C)C)c(O)c(C(C)(C)C)c1)C1CCC(c2ccccc2)CC1. The van der Waals surface area contributed by atoms with Crippen molar-refractivity contribution < 1.29 is 9.90 Å². The van der Waals surface area contributed by atoms with Crippen LogP contribution in [0.3, 0.4) is 0 Å². The summed E-state index contributed by atoms with van der Waals surface area (Å²) in [6, 6.07) is 21.6. The van der Waals surface area contributed by atoms with Crippen LogP contribution in [-0.4, -0.2) is 22.1 Å². The van der Waals surface area contributed by atoms with E-state index in [-0.39, 0.29) is 22.9 Å². The van der Waals surface area contributed by atoms with E-state index >= 15 is 0 Å². The molecule has 3 aromatic carbocycles. The molecule has 0 spiro atoms. The number of amides is 2. The average molecular weight is 597 g/mol. The van der Waals surface area contributed by atoms with Gasteiger partial charge in [0.2, 0.25) is 0 Å². The van der Waals surface area contributed by atoms with Gasteiger partial charge in [-0.2, -0.15) is 0 Å². The number of urea groups is 1. The van der Waals surface area contributed by atoms with E-state index in [0.29, 0.717) is 30.0 Å². The number of aromatic hydroxyl groups is 1. The first-order valence-corrected chi connectivity index (χ1v) is 16.7. The van der Waals surface area contributed by atoms with Gasteiger partial charge in [-0.25, -0.2) is 4.79 Å². The molecule has 1 saturated carbocycles. The molecule has 4 rings (SSSR count). The number of anilines is 1. The van der Waals surface area contributed by atoms with Gasteiger partial charge < -0.3 is 15.3 Å². The molecular formula is C40H56N2O2. The highest BCUT2D eigenvalue weighted by Gasteiger charge is 2.32. The first kappa shape index (κ1) is 33.6. The molecule has 0 atom stereocenters. The Morgan fingerprint density at radius 3 is 1.75 bits per heavy atom. The van der Waals surface area contributed by atoms with E-state index in [0.717, 1.165) is 48.1 Å². The molecule has 0 saturated heterocycles. The first-order valence-electron chi connectivity index (χ1n) is 16.7. The van der Waals surface area contributed by atoms with Crippen LogP contribution in [0.1, 0.15) is 146 Å². The predicted octanol–water partition coefficient (Wildman–Crippen LogP) is 11.0. The van der Waals surface area contributed by atoms with E-state index in [9.17, 15) is 9.90 Å². The minimum absolute atomic E-state index is 0.0362. The van der Waals surface area contributed by atoms with Gasteiger partial charge >= 0.3 is 6.03 Å². The maximum absolute atomic E-state index is 14.5. The molecule has 3 aromatic rings. The van der Waals surface area contributed by atoms with Crippen molar-refractivity contribution in [2.24, 2.45) is 0 Å². The molecule has 0 unspecified atom stereocenters. The Kier molecular flexibility index (Phi) is 10.2. The monoisotopic (exact) mass is 596 g/mol. The summed E-state index contributed by atoms with van der Waals surface area (Å²) in [7, 11) is 0. The van der Waals surface area contributed by atoms with Gasteiger partial charge in [0.1, 0.15) is 5.75 Å². The lowest BCUT2D eigenvalue weighted by atomic mass is 9.78. The van der Waals surface area contributed by atoms with Gasteiger partial charge in [0.25, 0.3) is 0 Å². The van der Waals surface area contributed by atoms with Gasteiger partial charge in [-0.15, -0.1) is 0 Å². The van der Waals surface area contributed by atoms with Crippen LogP contribution in [0.2, 0.25) is 0 Å². The van der Waals surface area contributed by atoms with Crippen LogP contribution in [0.25, 0.3) is 0 Å². The number of phenolic OH excluding ortho intramolecular Hbond substituents is 1. The Balaban J connectivity index is 1.74. The van der Waals surface area contributed by atoms with E-state index in [1.807, 2.05) is 0 Å². The van der Waals surface area contributed by atoms with Gasteiger partial charge in [-0.1, -0.05) is 118 Å². The summed E-state index contributed by atoms with van der Waals surface area (Å²) in [5.74, 6) is 1.49. The van der Waals surface area contributed by atoms with E-state index in [4.69, 9.17) is 0 Å². The Morgan fingerprint density at radius 1 is 0.795 bits per heavy atom. The average Bonchev–Trinajstić information content (AvgIpc) is 2.95. The van der Waals surface area contributed by atoms with Crippen LogP contribution >= 0.6 is 0 Å². The molecule has 0 aliphatic heterocycles. The van der Waals surface area contributed by atoms with Crippen molar-refractivity contribution in [1.29, 1.82) is 0 Å². The van der Waals surface area contributed by atoms with Crippen molar-refractivity contribution in [3.63, 3.8) is 0 Å². The number of nitrogens with zero attached hydrogens (tertiary/aromatic N) is 1. The maximum Gasteiger partial charge on any atom is 0.322 e. The summed E-state index contributed by atoms with van der Waals surface area (Å²) < 4.78 is 0. The van der Waals surface area contributed by atoms with Crippen LogP contribution in [0.5, 0.6) is 5.75 Å². The number of phenols is 1. The highest BCUT2D eigenvalue weighted by atomic mass is 16.3. The van der Waals surface area contributed by atoms with Gasteiger partial charge in [0.15, 0.2) is 0 Å². The quantitative estimate of drug-likeness (QED) is 0.285. The normalized spacial score (nSPS) is 17.6. The Hall–Kier alpha value is -3.27. The topological polar surface area (TPSA) is 52.6 Å². The fourth-order valence-corrected chi connectivity index (χ4v) is 6.81. The molecule has 0 heterocycles. The maximum atomic E-state index is 14.5. The van der Waals surface area contributed by atoms with Crippen molar-refractivity contribution in [1.82, 2.24) is 4.90 Å². The van der Waals surface area contributed by atoms with Gasteiger partial charge in [0, 0.05) is 18.3 Å². The third-order valence-electron chi connectivity index (χ3n) is 9.41. The second-order valence-corrected chi connectivity index (χ2v) is 15.6. The number of hydrogen-bond acceptors (Lipinski definition) is 2. The minimum Gasteiger partial charge on any atom is -0.507 e. The lowest BCUT2D eigenvalue weighted by Crippen LogP contribution is -2.44. The molecule has 2 N–H and O–H groups in total. The largest absolute Gasteiger partial charge is 0.507 e. The molecule has 0 aromatic heterocycles. The second-order valence-electron chi connectivity index (χ2n) is 15.6. The van der Waals surface area contributed by atoms with Crippen LogP contribution in [0, 0.1) is 0 Å². The molecule has 1 aliphatic rings. The zero-order valence-corrected chi connectivity index (χ0v) is 28.9. The lowest BCUT2D eigenvalue weighted by molar-refractivity contribution is 0.158. The summed E-state index contributed by atoms with van der Waals surface area (Å²) >= 11 is 0. The third kappa shape index (κ3) is 7.68.